The monoisotopic (exact) mass is 326 g/mol. The molecule has 6 heteroatoms. The Labute approximate surface area is 142 Å². The Morgan fingerprint density at radius 3 is 2.46 bits per heavy atom. The van der Waals surface area contributed by atoms with E-state index in [1.165, 1.54) is 0 Å². The highest BCUT2D eigenvalue weighted by atomic mass is 16.5. The molecule has 1 aromatic carbocycles. The number of amides is 1. The fraction of sp³-hybridized carbons (Fsp3) is 0.389. The van der Waals surface area contributed by atoms with Crippen LogP contribution in [0.4, 0.5) is 5.69 Å². The number of likely N-dealkylation sites (tertiary alicyclic amines) is 1. The maximum Gasteiger partial charge on any atom is 0.253 e. The number of hydrogen-bond donors (Lipinski definition) is 0. The quantitative estimate of drug-likeness (QED) is 0.862. The first-order valence-electron chi connectivity index (χ1n) is 8.13. The normalized spacial score (nSPS) is 15.2. The molecule has 6 nitrogen and oxygen atoms in total. The first-order chi connectivity index (χ1) is 11.6. The highest BCUT2D eigenvalue weighted by Crippen LogP contribution is 2.19. The molecule has 0 spiro atoms. The zero-order valence-electron chi connectivity index (χ0n) is 14.1. The number of benzene rings is 1. The Morgan fingerprint density at radius 2 is 1.88 bits per heavy atom. The molecule has 0 aliphatic carbocycles. The van der Waals surface area contributed by atoms with E-state index in [0.717, 1.165) is 24.1 Å². The number of aromatic nitrogens is 2. The summed E-state index contributed by atoms with van der Waals surface area (Å²) in [6.45, 7) is 1.39. The molecule has 1 aliphatic rings. The number of carbonyl (C=O) groups is 1. The lowest BCUT2D eigenvalue weighted by molar-refractivity contribution is 0.0587. The van der Waals surface area contributed by atoms with Crippen LogP contribution in [-0.2, 0) is 0 Å². The van der Waals surface area contributed by atoms with Crippen LogP contribution in [0.15, 0.2) is 42.9 Å². The lowest BCUT2D eigenvalue weighted by Crippen LogP contribution is -2.41. The predicted molar refractivity (Wildman–Crippen MR) is 92.4 cm³/mol. The van der Waals surface area contributed by atoms with E-state index in [1.807, 2.05) is 48.2 Å². The van der Waals surface area contributed by atoms with E-state index < -0.39 is 0 Å². The second-order valence-corrected chi connectivity index (χ2v) is 6.09. The molecular weight excluding hydrogens is 304 g/mol. The number of nitrogens with zero attached hydrogens (tertiary/aromatic N) is 4. The summed E-state index contributed by atoms with van der Waals surface area (Å²) < 4.78 is 5.81. The van der Waals surface area contributed by atoms with Crippen molar-refractivity contribution in [2.45, 2.75) is 18.9 Å². The standard InChI is InChI=1S/C18H22N4O2/c1-21(2)15-5-3-14(4-6-15)18(23)22-11-7-16(8-12-22)24-17-13-19-9-10-20-17/h3-6,9-10,13,16H,7-8,11-12H2,1-2H3. The van der Waals surface area contributed by atoms with Crippen molar-refractivity contribution in [3.05, 3.63) is 48.4 Å². The number of rotatable bonds is 4. The number of piperidine rings is 1. The third-order valence-corrected chi connectivity index (χ3v) is 4.19. The summed E-state index contributed by atoms with van der Waals surface area (Å²) in [4.78, 5) is 24.6. The molecule has 126 valence electrons. The second-order valence-electron chi connectivity index (χ2n) is 6.09. The minimum atomic E-state index is 0.0817. The first kappa shape index (κ1) is 16.2. The van der Waals surface area contributed by atoms with Crippen molar-refractivity contribution < 1.29 is 9.53 Å². The van der Waals surface area contributed by atoms with Crippen molar-refractivity contribution in [3.8, 4) is 5.88 Å². The lowest BCUT2D eigenvalue weighted by atomic mass is 10.1. The van der Waals surface area contributed by atoms with E-state index in [0.29, 0.717) is 19.0 Å². The third-order valence-electron chi connectivity index (χ3n) is 4.19. The zero-order valence-corrected chi connectivity index (χ0v) is 14.1. The van der Waals surface area contributed by atoms with Gasteiger partial charge in [-0.2, -0.15) is 0 Å². The van der Waals surface area contributed by atoms with Gasteiger partial charge in [0.15, 0.2) is 0 Å². The summed E-state index contributed by atoms with van der Waals surface area (Å²) in [5.74, 6) is 0.625. The molecule has 0 atom stereocenters. The average Bonchev–Trinajstić information content (AvgIpc) is 2.63. The van der Waals surface area contributed by atoms with Gasteiger partial charge in [0.1, 0.15) is 6.10 Å². The summed E-state index contributed by atoms with van der Waals surface area (Å²) in [7, 11) is 3.97. The van der Waals surface area contributed by atoms with E-state index >= 15 is 0 Å². The fourth-order valence-electron chi connectivity index (χ4n) is 2.78. The number of ether oxygens (including phenoxy) is 1. The van der Waals surface area contributed by atoms with E-state index in [-0.39, 0.29) is 12.0 Å². The van der Waals surface area contributed by atoms with Crippen LogP contribution >= 0.6 is 0 Å². The van der Waals surface area contributed by atoms with Crippen molar-refractivity contribution in [2.24, 2.45) is 0 Å². The van der Waals surface area contributed by atoms with Crippen LogP contribution in [0.3, 0.4) is 0 Å². The Hall–Kier alpha value is -2.63. The van der Waals surface area contributed by atoms with Crippen molar-refractivity contribution in [1.82, 2.24) is 14.9 Å². The molecule has 3 rings (SSSR count). The third kappa shape index (κ3) is 3.82. The van der Waals surface area contributed by atoms with Gasteiger partial charge in [-0.25, -0.2) is 4.98 Å². The summed E-state index contributed by atoms with van der Waals surface area (Å²) in [5, 5.41) is 0. The van der Waals surface area contributed by atoms with E-state index in [4.69, 9.17) is 4.74 Å². The van der Waals surface area contributed by atoms with Gasteiger partial charge in [0.25, 0.3) is 5.91 Å². The maximum absolute atomic E-state index is 12.6. The smallest absolute Gasteiger partial charge is 0.253 e. The van der Waals surface area contributed by atoms with Gasteiger partial charge in [-0.15, -0.1) is 0 Å². The molecule has 0 unspecified atom stereocenters. The van der Waals surface area contributed by atoms with Gasteiger partial charge in [-0.05, 0) is 24.3 Å². The van der Waals surface area contributed by atoms with Crippen molar-refractivity contribution in [2.75, 3.05) is 32.1 Å². The molecule has 0 bridgehead atoms. The molecule has 1 fully saturated rings. The molecule has 1 aromatic heterocycles. The van der Waals surface area contributed by atoms with E-state index in [2.05, 4.69) is 9.97 Å². The van der Waals surface area contributed by atoms with Crippen LogP contribution < -0.4 is 9.64 Å². The molecule has 24 heavy (non-hydrogen) atoms. The van der Waals surface area contributed by atoms with Gasteiger partial charge < -0.3 is 14.5 Å². The van der Waals surface area contributed by atoms with Crippen LogP contribution in [0.25, 0.3) is 0 Å². The van der Waals surface area contributed by atoms with Gasteiger partial charge in [0, 0.05) is 63.7 Å². The van der Waals surface area contributed by atoms with Crippen LogP contribution in [0.5, 0.6) is 5.88 Å². The Bertz CT molecular complexity index is 665. The van der Waals surface area contributed by atoms with Gasteiger partial charge >= 0.3 is 0 Å². The lowest BCUT2D eigenvalue weighted by Gasteiger charge is -2.32. The van der Waals surface area contributed by atoms with Crippen molar-refractivity contribution in [1.29, 1.82) is 0 Å². The molecule has 2 aromatic rings. The SMILES string of the molecule is CN(C)c1ccc(C(=O)N2CCC(Oc3cnccn3)CC2)cc1. The maximum atomic E-state index is 12.6. The largest absolute Gasteiger partial charge is 0.473 e. The molecule has 0 saturated carbocycles. The van der Waals surface area contributed by atoms with Crippen molar-refractivity contribution >= 4 is 11.6 Å². The second kappa shape index (κ2) is 7.29. The Morgan fingerprint density at radius 1 is 1.17 bits per heavy atom. The predicted octanol–water partition coefficient (Wildman–Crippen LogP) is 2.23. The fourth-order valence-corrected chi connectivity index (χ4v) is 2.78. The average molecular weight is 326 g/mol. The molecule has 0 N–H and O–H groups in total. The highest BCUT2D eigenvalue weighted by Gasteiger charge is 2.25. The van der Waals surface area contributed by atoms with Crippen LogP contribution in [0, 0.1) is 0 Å². The molecule has 0 radical (unpaired) electrons. The first-order valence-corrected chi connectivity index (χ1v) is 8.13. The van der Waals surface area contributed by atoms with Crippen LogP contribution in [-0.4, -0.2) is 54.1 Å². The summed E-state index contributed by atoms with van der Waals surface area (Å²) in [6.07, 6.45) is 6.54. The molecule has 1 aliphatic heterocycles. The minimum Gasteiger partial charge on any atom is -0.473 e. The molecular formula is C18H22N4O2. The van der Waals surface area contributed by atoms with E-state index in [1.54, 1.807) is 18.6 Å². The Balaban J connectivity index is 1.55. The summed E-state index contributed by atoms with van der Waals surface area (Å²) in [5.41, 5.74) is 1.82. The number of anilines is 1. The molecule has 1 amide bonds. The summed E-state index contributed by atoms with van der Waals surface area (Å²) >= 11 is 0. The number of hydrogen-bond acceptors (Lipinski definition) is 5. The van der Waals surface area contributed by atoms with E-state index in [9.17, 15) is 4.79 Å². The van der Waals surface area contributed by atoms with Gasteiger partial charge in [0.05, 0.1) is 6.20 Å². The minimum absolute atomic E-state index is 0.0817. The van der Waals surface area contributed by atoms with Gasteiger partial charge in [0.2, 0.25) is 5.88 Å². The zero-order chi connectivity index (χ0) is 16.9. The topological polar surface area (TPSA) is 58.6 Å². The van der Waals surface area contributed by atoms with Crippen LogP contribution in [0.2, 0.25) is 0 Å². The molecule has 1 saturated heterocycles. The Kier molecular flexibility index (Phi) is 4.93. The van der Waals surface area contributed by atoms with Crippen molar-refractivity contribution in [3.63, 3.8) is 0 Å². The van der Waals surface area contributed by atoms with Gasteiger partial charge in [-0.1, -0.05) is 0 Å². The number of carbonyl (C=O) groups excluding carboxylic acids is 1. The molecule has 2 heterocycles. The van der Waals surface area contributed by atoms with Gasteiger partial charge in [-0.3, -0.25) is 9.78 Å². The summed E-state index contributed by atoms with van der Waals surface area (Å²) in [6, 6.07) is 7.72. The highest BCUT2D eigenvalue weighted by molar-refractivity contribution is 5.94. The van der Waals surface area contributed by atoms with Crippen LogP contribution in [0.1, 0.15) is 23.2 Å².